The van der Waals surface area contributed by atoms with Crippen LogP contribution in [-0.4, -0.2) is 71.9 Å². The molecule has 154 valence electrons. The van der Waals surface area contributed by atoms with Crippen LogP contribution in [0.3, 0.4) is 0 Å². The van der Waals surface area contributed by atoms with Crippen LogP contribution >= 0.6 is 11.3 Å². The molecule has 3 N–H and O–H groups in total. The van der Waals surface area contributed by atoms with Gasteiger partial charge in [0.1, 0.15) is 0 Å². The van der Waals surface area contributed by atoms with Gasteiger partial charge in [-0.15, -0.1) is 0 Å². The van der Waals surface area contributed by atoms with Gasteiger partial charge in [0, 0.05) is 50.1 Å². The van der Waals surface area contributed by atoms with Gasteiger partial charge in [-0.3, -0.25) is 14.5 Å². The zero-order chi connectivity index (χ0) is 20.1. The van der Waals surface area contributed by atoms with Crippen molar-refractivity contribution in [1.82, 2.24) is 20.4 Å². The monoisotopic (exact) mass is 407 g/mol. The molecule has 0 bridgehead atoms. The molecule has 2 fully saturated rings. The van der Waals surface area contributed by atoms with Crippen molar-refractivity contribution in [1.29, 1.82) is 0 Å². The van der Waals surface area contributed by atoms with Crippen LogP contribution < -0.4 is 16.0 Å². The molecule has 1 aromatic heterocycles. The molecule has 0 aromatic carbocycles. The lowest BCUT2D eigenvalue weighted by Crippen LogP contribution is -2.58. The van der Waals surface area contributed by atoms with E-state index in [0.29, 0.717) is 45.4 Å². The third-order valence-corrected chi connectivity index (χ3v) is 6.23. The normalized spacial score (nSPS) is 24.4. The highest BCUT2D eigenvalue weighted by Crippen LogP contribution is 2.26. The molecule has 28 heavy (non-hydrogen) atoms. The molecular weight excluding hydrogens is 378 g/mol. The molecule has 2 aliphatic heterocycles. The van der Waals surface area contributed by atoms with E-state index in [0.717, 1.165) is 5.69 Å². The summed E-state index contributed by atoms with van der Waals surface area (Å²) < 4.78 is 0. The minimum atomic E-state index is -0.253. The standard InChI is InChI=1S/C19H29N5O3S/c1-3-23(4-2)17(25)6-5-15-10-20-18(26)16-9-14(11-24(15)16)22-19(27)21-13-7-8-28-12-13/h7-8,12,14-16H,3-6,9-11H2,1-2H3,(H,20,26)(H2,21,22,27)/t14-,15+,16-/m0/s1. The number of hydrogen-bond donors (Lipinski definition) is 3. The minimum absolute atomic E-state index is 0.00821. The molecule has 8 nitrogen and oxygen atoms in total. The highest BCUT2D eigenvalue weighted by molar-refractivity contribution is 7.08. The van der Waals surface area contributed by atoms with Crippen molar-refractivity contribution in [3.05, 3.63) is 16.8 Å². The summed E-state index contributed by atoms with van der Waals surface area (Å²) in [7, 11) is 0. The SMILES string of the molecule is CCN(CC)C(=O)CC[C@@H]1CNC(=O)[C@@H]2C[C@H](NC(=O)Nc3ccsc3)CN12. The average Bonchev–Trinajstić information content (AvgIpc) is 3.32. The smallest absolute Gasteiger partial charge is 0.319 e. The second kappa shape index (κ2) is 9.38. The number of nitrogens with zero attached hydrogens (tertiary/aromatic N) is 2. The predicted octanol–water partition coefficient (Wildman–Crippen LogP) is 1.46. The van der Waals surface area contributed by atoms with Gasteiger partial charge in [-0.25, -0.2) is 4.79 Å². The second-order valence-electron chi connectivity index (χ2n) is 7.26. The van der Waals surface area contributed by atoms with E-state index < -0.39 is 0 Å². The predicted molar refractivity (Wildman–Crippen MR) is 109 cm³/mol. The number of piperazine rings is 1. The van der Waals surface area contributed by atoms with Gasteiger partial charge in [0.15, 0.2) is 0 Å². The summed E-state index contributed by atoms with van der Waals surface area (Å²) in [5.74, 6) is 0.163. The molecule has 0 saturated carbocycles. The molecule has 2 aliphatic rings. The Hall–Kier alpha value is -2.13. The summed E-state index contributed by atoms with van der Waals surface area (Å²) in [6.45, 7) is 6.57. The first-order valence-electron chi connectivity index (χ1n) is 9.92. The number of fused-ring (bicyclic) bond motifs is 1. The number of carbonyl (C=O) groups is 3. The Morgan fingerprint density at radius 1 is 1.36 bits per heavy atom. The van der Waals surface area contributed by atoms with Gasteiger partial charge in [0.05, 0.1) is 11.7 Å². The molecule has 2 saturated heterocycles. The number of nitrogens with one attached hydrogen (secondary N) is 3. The van der Waals surface area contributed by atoms with Gasteiger partial charge in [0.25, 0.3) is 0 Å². The van der Waals surface area contributed by atoms with E-state index in [1.165, 1.54) is 11.3 Å². The molecule has 3 rings (SSSR count). The van der Waals surface area contributed by atoms with Crippen molar-refractivity contribution >= 4 is 34.9 Å². The lowest BCUT2D eigenvalue weighted by atomic mass is 10.0. The quantitative estimate of drug-likeness (QED) is 0.638. The molecule has 0 radical (unpaired) electrons. The van der Waals surface area contributed by atoms with Gasteiger partial charge in [-0.05, 0) is 38.1 Å². The van der Waals surface area contributed by atoms with E-state index in [1.807, 2.05) is 35.6 Å². The molecule has 1 aromatic rings. The summed E-state index contributed by atoms with van der Waals surface area (Å²) in [6.07, 6.45) is 1.77. The van der Waals surface area contributed by atoms with Crippen LogP contribution in [0.25, 0.3) is 0 Å². The van der Waals surface area contributed by atoms with E-state index in [9.17, 15) is 14.4 Å². The Morgan fingerprint density at radius 2 is 2.14 bits per heavy atom. The molecule has 4 amide bonds. The van der Waals surface area contributed by atoms with Crippen molar-refractivity contribution in [3.8, 4) is 0 Å². The second-order valence-corrected chi connectivity index (χ2v) is 8.04. The Morgan fingerprint density at radius 3 is 2.82 bits per heavy atom. The third kappa shape index (κ3) is 4.82. The van der Waals surface area contributed by atoms with Crippen LogP contribution in [0.15, 0.2) is 16.8 Å². The van der Waals surface area contributed by atoms with E-state index in [4.69, 9.17) is 0 Å². The average molecular weight is 408 g/mol. The number of anilines is 1. The van der Waals surface area contributed by atoms with Crippen molar-refractivity contribution in [2.45, 2.75) is 51.2 Å². The summed E-state index contributed by atoms with van der Waals surface area (Å²) in [5, 5.41) is 12.5. The first-order valence-corrected chi connectivity index (χ1v) is 10.9. The summed E-state index contributed by atoms with van der Waals surface area (Å²) in [6, 6.07) is 1.38. The first kappa shape index (κ1) is 20.6. The van der Waals surface area contributed by atoms with Gasteiger partial charge in [0.2, 0.25) is 11.8 Å². The molecule has 9 heteroatoms. The molecule has 3 heterocycles. The zero-order valence-electron chi connectivity index (χ0n) is 16.4. The van der Waals surface area contributed by atoms with Crippen molar-refractivity contribution in [3.63, 3.8) is 0 Å². The maximum atomic E-state index is 12.3. The number of amides is 4. The third-order valence-electron chi connectivity index (χ3n) is 5.54. The van der Waals surface area contributed by atoms with Crippen LogP contribution in [0.5, 0.6) is 0 Å². The molecule has 0 spiro atoms. The fourth-order valence-corrected chi connectivity index (χ4v) is 4.65. The highest BCUT2D eigenvalue weighted by atomic mass is 32.1. The van der Waals surface area contributed by atoms with Gasteiger partial charge in [-0.2, -0.15) is 11.3 Å². The van der Waals surface area contributed by atoms with Crippen LogP contribution in [0.4, 0.5) is 10.5 Å². The Bertz CT molecular complexity index is 692. The first-order chi connectivity index (χ1) is 13.5. The zero-order valence-corrected chi connectivity index (χ0v) is 17.3. The fourth-order valence-electron chi connectivity index (χ4n) is 4.06. The largest absolute Gasteiger partial charge is 0.353 e. The number of hydrogen-bond acceptors (Lipinski definition) is 5. The maximum absolute atomic E-state index is 12.3. The van der Waals surface area contributed by atoms with E-state index >= 15 is 0 Å². The van der Waals surface area contributed by atoms with Gasteiger partial charge in [-0.1, -0.05) is 0 Å². The summed E-state index contributed by atoms with van der Waals surface area (Å²) >= 11 is 1.52. The minimum Gasteiger partial charge on any atom is -0.353 e. The topological polar surface area (TPSA) is 93.8 Å². The van der Waals surface area contributed by atoms with Crippen molar-refractivity contribution in [2.75, 3.05) is 31.5 Å². The number of thiophene rings is 1. The molecule has 3 atom stereocenters. The Labute approximate surface area is 169 Å². The van der Waals surface area contributed by atoms with Gasteiger partial charge < -0.3 is 20.9 Å². The van der Waals surface area contributed by atoms with Crippen molar-refractivity contribution < 1.29 is 14.4 Å². The van der Waals surface area contributed by atoms with Crippen molar-refractivity contribution in [2.24, 2.45) is 0 Å². The van der Waals surface area contributed by atoms with Crippen LogP contribution in [0, 0.1) is 0 Å². The summed E-state index contributed by atoms with van der Waals surface area (Å²) in [4.78, 5) is 40.8. The summed E-state index contributed by atoms with van der Waals surface area (Å²) in [5.41, 5.74) is 0.767. The Balaban J connectivity index is 1.54. The number of urea groups is 1. The number of carbonyl (C=O) groups excluding carboxylic acids is 3. The van der Waals surface area contributed by atoms with Crippen LogP contribution in [0.1, 0.15) is 33.1 Å². The fraction of sp³-hybridized carbons (Fsp3) is 0.632. The van der Waals surface area contributed by atoms with E-state index in [-0.39, 0.29) is 36.0 Å². The number of rotatable bonds is 7. The van der Waals surface area contributed by atoms with E-state index in [1.54, 1.807) is 0 Å². The highest BCUT2D eigenvalue weighted by Gasteiger charge is 2.43. The van der Waals surface area contributed by atoms with Crippen LogP contribution in [0.2, 0.25) is 0 Å². The lowest BCUT2D eigenvalue weighted by molar-refractivity contribution is -0.132. The Kier molecular flexibility index (Phi) is 6.90. The maximum Gasteiger partial charge on any atom is 0.319 e. The molecule has 0 unspecified atom stereocenters. The molecule has 0 aliphatic carbocycles. The molecular formula is C19H29N5O3S. The van der Waals surface area contributed by atoms with E-state index in [2.05, 4.69) is 20.9 Å². The van der Waals surface area contributed by atoms with Gasteiger partial charge >= 0.3 is 6.03 Å². The van der Waals surface area contributed by atoms with Crippen LogP contribution in [-0.2, 0) is 9.59 Å². The lowest BCUT2D eigenvalue weighted by Gasteiger charge is -2.37.